The van der Waals surface area contributed by atoms with Gasteiger partial charge in [-0.3, -0.25) is 13.8 Å². The summed E-state index contributed by atoms with van der Waals surface area (Å²) in [7, 11) is -4.29. The van der Waals surface area contributed by atoms with Crippen LogP contribution in [0.25, 0.3) is 0 Å². The van der Waals surface area contributed by atoms with Gasteiger partial charge in [-0.15, -0.1) is 0 Å². The summed E-state index contributed by atoms with van der Waals surface area (Å²) >= 11 is 0. The number of carbonyl (C=O) groups is 1. The van der Waals surface area contributed by atoms with Crippen molar-refractivity contribution in [3.8, 4) is 0 Å². The molecule has 0 aromatic heterocycles. The lowest BCUT2D eigenvalue weighted by molar-refractivity contribution is -0.154. The van der Waals surface area contributed by atoms with Crippen molar-refractivity contribution in [2.75, 3.05) is 33.0 Å². The molecule has 0 aromatic carbocycles. The fourth-order valence-electron chi connectivity index (χ4n) is 8.06. The van der Waals surface area contributed by atoms with E-state index in [9.17, 15) is 14.3 Å². The molecule has 2 atom stereocenters. The zero-order valence-electron chi connectivity index (χ0n) is 45.5. The van der Waals surface area contributed by atoms with Gasteiger partial charge in [0.15, 0.2) is 0 Å². The molecule has 0 bridgehead atoms. The van der Waals surface area contributed by atoms with Gasteiger partial charge in [0.1, 0.15) is 6.10 Å². The van der Waals surface area contributed by atoms with Crippen LogP contribution in [-0.2, 0) is 27.9 Å². The molecule has 0 aliphatic carbocycles. The smallest absolute Gasteiger partial charge is 0.457 e. The molecule has 3 N–H and O–H groups in total. The van der Waals surface area contributed by atoms with E-state index in [1.165, 1.54) is 161 Å². The Labute approximate surface area is 432 Å². The van der Waals surface area contributed by atoms with Crippen molar-refractivity contribution in [3.63, 3.8) is 0 Å². The zero-order chi connectivity index (χ0) is 50.8. The minimum Gasteiger partial charge on any atom is -0.457 e. The average molecular weight is 1000 g/mol. The highest BCUT2D eigenvalue weighted by Gasteiger charge is 2.25. The maximum atomic E-state index is 12.7. The number of allylic oxidation sites excluding steroid dienone is 14. The summed E-state index contributed by atoms with van der Waals surface area (Å²) in [4.78, 5) is 22.7. The fourth-order valence-corrected chi connectivity index (χ4v) is 8.82. The number of unbranched alkanes of at least 4 members (excludes halogenated alkanes) is 28. The lowest BCUT2D eigenvalue weighted by atomic mass is 10.0. The Bertz CT molecular complexity index is 1350. The molecule has 0 saturated heterocycles. The molecule has 70 heavy (non-hydrogen) atoms. The SMILES string of the molecule is CC/C=C\C/C=C\C/C=C\C/C=C\C/C=C\CCCCCCCCCCCC(=O)OC(COCCCCCCCCCCCCCCCC/C=C\C/C=C\CCCCCCC)COP(=O)(O)OCCN. The maximum Gasteiger partial charge on any atom is 0.472 e. The highest BCUT2D eigenvalue weighted by Crippen LogP contribution is 2.43. The van der Waals surface area contributed by atoms with Gasteiger partial charge in [0, 0.05) is 19.6 Å². The van der Waals surface area contributed by atoms with Crippen LogP contribution in [0.4, 0.5) is 0 Å². The van der Waals surface area contributed by atoms with Crippen LogP contribution in [0, 0.1) is 0 Å². The third kappa shape index (κ3) is 56.6. The summed E-state index contributed by atoms with van der Waals surface area (Å²) in [5.41, 5.74) is 5.40. The maximum absolute atomic E-state index is 12.7. The summed E-state index contributed by atoms with van der Waals surface area (Å²) < 4.78 is 33.7. The number of nitrogens with two attached hydrogens (primary N) is 1. The predicted molar refractivity (Wildman–Crippen MR) is 302 cm³/mol. The van der Waals surface area contributed by atoms with Gasteiger partial charge in [0.25, 0.3) is 0 Å². The van der Waals surface area contributed by atoms with Crippen LogP contribution in [0.5, 0.6) is 0 Å². The number of hydrogen-bond donors (Lipinski definition) is 2. The van der Waals surface area contributed by atoms with Crippen LogP contribution in [0.2, 0.25) is 0 Å². The van der Waals surface area contributed by atoms with Gasteiger partial charge in [0.2, 0.25) is 0 Å². The summed E-state index contributed by atoms with van der Waals surface area (Å²) in [6, 6.07) is 0. The van der Waals surface area contributed by atoms with E-state index in [0.29, 0.717) is 13.0 Å². The average Bonchev–Trinajstić information content (AvgIpc) is 3.35. The Kier molecular flexibility index (Phi) is 55.7. The minimum absolute atomic E-state index is 0.0961. The van der Waals surface area contributed by atoms with Gasteiger partial charge in [-0.05, 0) is 89.9 Å². The Hall–Kier alpha value is -2.32. The van der Waals surface area contributed by atoms with Gasteiger partial charge in [-0.1, -0.05) is 247 Å². The molecular weight excluding hydrogens is 890 g/mol. The first-order chi connectivity index (χ1) is 34.4. The van der Waals surface area contributed by atoms with E-state index < -0.39 is 13.9 Å². The molecule has 0 fully saturated rings. The normalized spacial score (nSPS) is 13.8. The molecule has 0 amide bonds. The molecule has 9 heteroatoms. The molecular formula is C61H110NO7P. The van der Waals surface area contributed by atoms with Gasteiger partial charge in [0.05, 0.1) is 19.8 Å². The van der Waals surface area contributed by atoms with Crippen molar-refractivity contribution in [1.29, 1.82) is 0 Å². The molecule has 0 heterocycles. The molecule has 0 saturated carbocycles. The van der Waals surface area contributed by atoms with Crippen LogP contribution in [0.15, 0.2) is 85.1 Å². The van der Waals surface area contributed by atoms with E-state index in [2.05, 4.69) is 98.9 Å². The first-order valence-corrected chi connectivity index (χ1v) is 30.6. The monoisotopic (exact) mass is 1000 g/mol. The van der Waals surface area contributed by atoms with Gasteiger partial charge in [-0.2, -0.15) is 0 Å². The van der Waals surface area contributed by atoms with E-state index in [4.69, 9.17) is 24.3 Å². The second kappa shape index (κ2) is 57.6. The fraction of sp³-hybridized carbons (Fsp3) is 0.754. The third-order valence-electron chi connectivity index (χ3n) is 12.3. The van der Waals surface area contributed by atoms with Crippen molar-refractivity contribution in [3.05, 3.63) is 85.1 Å². The van der Waals surface area contributed by atoms with Crippen LogP contribution in [0.1, 0.15) is 258 Å². The highest BCUT2D eigenvalue weighted by atomic mass is 31.2. The van der Waals surface area contributed by atoms with E-state index in [1.54, 1.807) is 0 Å². The first-order valence-electron chi connectivity index (χ1n) is 29.1. The Morgan fingerprint density at radius 2 is 0.800 bits per heavy atom. The number of ether oxygens (including phenoxy) is 2. The Morgan fingerprint density at radius 1 is 0.443 bits per heavy atom. The van der Waals surface area contributed by atoms with Crippen molar-refractivity contribution in [2.24, 2.45) is 5.73 Å². The van der Waals surface area contributed by atoms with Gasteiger partial charge < -0.3 is 20.1 Å². The van der Waals surface area contributed by atoms with E-state index in [0.717, 1.165) is 77.0 Å². The van der Waals surface area contributed by atoms with Crippen LogP contribution < -0.4 is 5.73 Å². The topological polar surface area (TPSA) is 117 Å². The van der Waals surface area contributed by atoms with Gasteiger partial charge >= 0.3 is 13.8 Å². The predicted octanol–water partition coefficient (Wildman–Crippen LogP) is 18.8. The molecule has 0 rings (SSSR count). The zero-order valence-corrected chi connectivity index (χ0v) is 46.4. The van der Waals surface area contributed by atoms with Crippen LogP contribution in [-0.4, -0.2) is 49.9 Å². The van der Waals surface area contributed by atoms with Crippen molar-refractivity contribution < 1.29 is 32.8 Å². The number of phosphoric acid groups is 1. The number of esters is 1. The molecule has 0 aromatic rings. The summed E-state index contributed by atoms with van der Waals surface area (Å²) in [6.45, 7) is 4.81. The number of phosphoric ester groups is 1. The molecule has 0 aliphatic rings. The molecule has 0 radical (unpaired) electrons. The summed E-state index contributed by atoms with van der Waals surface area (Å²) in [5, 5.41) is 0. The number of rotatable bonds is 55. The molecule has 8 nitrogen and oxygen atoms in total. The van der Waals surface area contributed by atoms with E-state index in [1.807, 2.05) is 0 Å². The van der Waals surface area contributed by atoms with E-state index in [-0.39, 0.29) is 32.3 Å². The Balaban J connectivity index is 3.91. The standard InChI is InChI=1S/C61H110NO7P/c1-3-5-7-9-11-13-15-17-19-21-23-25-27-29-31-33-35-37-39-41-43-45-47-49-51-53-56-66-58-60(59-68-70(64,65)67-57-55-62)69-61(63)54-52-50-48-46-44-42-40-38-36-34-32-30-28-26-24-22-20-18-16-14-12-10-8-6-4-2/h6,8,12,14-15,17-18,20-21,23-24,26,30,32,60H,3-5,7,9-11,13,16,19,22,25,27-29,31,33-59,62H2,1-2H3,(H,64,65)/b8-6-,14-12-,17-15-,20-18-,23-21-,26-24-,32-30-. The van der Waals surface area contributed by atoms with Crippen molar-refractivity contribution in [2.45, 2.75) is 264 Å². The second-order valence-electron chi connectivity index (χ2n) is 19.1. The minimum atomic E-state index is -4.29. The molecule has 0 spiro atoms. The highest BCUT2D eigenvalue weighted by molar-refractivity contribution is 7.47. The van der Waals surface area contributed by atoms with Gasteiger partial charge in [-0.25, -0.2) is 4.57 Å². The van der Waals surface area contributed by atoms with Crippen LogP contribution >= 0.6 is 7.82 Å². The van der Waals surface area contributed by atoms with Crippen molar-refractivity contribution >= 4 is 13.8 Å². The lowest BCUT2D eigenvalue weighted by Crippen LogP contribution is -2.28. The third-order valence-corrected chi connectivity index (χ3v) is 13.3. The largest absolute Gasteiger partial charge is 0.472 e. The molecule has 2 unspecified atom stereocenters. The molecule has 406 valence electrons. The first kappa shape index (κ1) is 67.7. The molecule has 0 aliphatic heterocycles. The lowest BCUT2D eigenvalue weighted by Gasteiger charge is -2.20. The Morgan fingerprint density at radius 3 is 1.20 bits per heavy atom. The van der Waals surface area contributed by atoms with Crippen molar-refractivity contribution in [1.82, 2.24) is 0 Å². The summed E-state index contributed by atoms with van der Waals surface area (Å²) in [5.74, 6) is -0.336. The van der Waals surface area contributed by atoms with Crippen LogP contribution in [0.3, 0.4) is 0 Å². The van der Waals surface area contributed by atoms with E-state index >= 15 is 0 Å². The number of carbonyl (C=O) groups excluding carboxylic acids is 1. The number of hydrogen-bond acceptors (Lipinski definition) is 7. The summed E-state index contributed by atoms with van der Waals surface area (Å²) in [6.07, 6.45) is 76.3. The second-order valence-corrected chi connectivity index (χ2v) is 20.6. The quantitative estimate of drug-likeness (QED) is 0.0268.